The molecule has 34 heavy (non-hydrogen) atoms. The smallest absolute Gasteiger partial charge is 0.246 e. The highest BCUT2D eigenvalue weighted by atomic mass is 32.2. The van der Waals surface area contributed by atoms with Crippen LogP contribution in [0.2, 0.25) is 0 Å². The zero-order valence-corrected chi connectivity index (χ0v) is 20.6. The first kappa shape index (κ1) is 24.4. The number of hydrogen-bond acceptors (Lipinski definition) is 7. The minimum atomic E-state index is -3.65. The lowest BCUT2D eigenvalue weighted by molar-refractivity contribution is -0.125. The lowest BCUT2D eigenvalue weighted by atomic mass is 9.96. The van der Waals surface area contributed by atoms with E-state index >= 15 is 0 Å². The van der Waals surface area contributed by atoms with Crippen LogP contribution in [0.4, 0.5) is 11.5 Å². The number of carbonyl (C=O) groups excluding carboxylic acids is 1. The predicted molar refractivity (Wildman–Crippen MR) is 131 cm³/mol. The van der Waals surface area contributed by atoms with Gasteiger partial charge in [-0.05, 0) is 42.7 Å². The Morgan fingerprint density at radius 3 is 2.41 bits per heavy atom. The SMILES string of the molecule is CN(C)c1ccc(CNC(=O)C2CCN(c3ncccc3S(=O)(=O)N3CCOCC3)CC2)cc1. The summed E-state index contributed by atoms with van der Waals surface area (Å²) < 4.78 is 33.2. The van der Waals surface area contributed by atoms with E-state index in [1.165, 1.54) is 4.31 Å². The molecule has 4 rings (SSSR count). The van der Waals surface area contributed by atoms with Gasteiger partial charge in [-0.3, -0.25) is 4.79 Å². The molecule has 0 aliphatic carbocycles. The Hall–Kier alpha value is -2.69. The number of ether oxygens (including phenoxy) is 1. The van der Waals surface area contributed by atoms with Gasteiger partial charge in [-0.25, -0.2) is 13.4 Å². The van der Waals surface area contributed by atoms with Crippen molar-refractivity contribution in [1.29, 1.82) is 0 Å². The van der Waals surface area contributed by atoms with Gasteiger partial charge >= 0.3 is 0 Å². The fourth-order valence-corrected chi connectivity index (χ4v) is 5.92. The van der Waals surface area contributed by atoms with E-state index < -0.39 is 10.0 Å². The number of sulfonamides is 1. The molecule has 2 saturated heterocycles. The van der Waals surface area contributed by atoms with Crippen LogP contribution >= 0.6 is 0 Å². The average Bonchev–Trinajstić information content (AvgIpc) is 2.88. The van der Waals surface area contributed by atoms with Crippen LogP contribution in [0.5, 0.6) is 0 Å². The normalized spacial score (nSPS) is 18.0. The maximum absolute atomic E-state index is 13.2. The van der Waals surface area contributed by atoms with Gasteiger partial charge in [0.2, 0.25) is 15.9 Å². The second-order valence-electron chi connectivity index (χ2n) is 8.88. The minimum Gasteiger partial charge on any atom is -0.379 e. The van der Waals surface area contributed by atoms with Gasteiger partial charge in [0.15, 0.2) is 0 Å². The molecule has 184 valence electrons. The predicted octanol–water partition coefficient (Wildman–Crippen LogP) is 1.70. The lowest BCUT2D eigenvalue weighted by Gasteiger charge is -2.34. The quantitative estimate of drug-likeness (QED) is 0.635. The van der Waals surface area contributed by atoms with Crippen LogP contribution < -0.4 is 15.1 Å². The van der Waals surface area contributed by atoms with Gasteiger partial charge < -0.3 is 19.9 Å². The molecule has 0 radical (unpaired) electrons. The molecule has 0 bridgehead atoms. The first-order chi connectivity index (χ1) is 16.4. The summed E-state index contributed by atoms with van der Waals surface area (Å²) in [7, 11) is 0.337. The minimum absolute atomic E-state index is 0.0403. The second-order valence-corrected chi connectivity index (χ2v) is 10.8. The molecule has 0 unspecified atom stereocenters. The van der Waals surface area contributed by atoms with Crippen molar-refractivity contribution in [2.24, 2.45) is 5.92 Å². The summed E-state index contributed by atoms with van der Waals surface area (Å²) in [6.45, 7) is 3.14. The van der Waals surface area contributed by atoms with Crippen molar-refractivity contribution >= 4 is 27.4 Å². The Bertz CT molecular complexity index is 1080. The Labute approximate surface area is 201 Å². The van der Waals surface area contributed by atoms with Crippen molar-refractivity contribution in [3.8, 4) is 0 Å². The van der Waals surface area contributed by atoms with Gasteiger partial charge in [-0.15, -0.1) is 0 Å². The number of piperidine rings is 1. The summed E-state index contributed by atoms with van der Waals surface area (Å²) in [6, 6.07) is 11.4. The van der Waals surface area contributed by atoms with E-state index in [-0.39, 0.29) is 16.7 Å². The molecule has 3 heterocycles. The third kappa shape index (κ3) is 5.51. The van der Waals surface area contributed by atoms with Crippen LogP contribution in [0, 0.1) is 5.92 Å². The number of benzene rings is 1. The van der Waals surface area contributed by atoms with Crippen LogP contribution in [-0.2, 0) is 26.1 Å². The van der Waals surface area contributed by atoms with Crippen LogP contribution in [-0.4, -0.2) is 77.1 Å². The van der Waals surface area contributed by atoms with Gasteiger partial charge in [0.1, 0.15) is 10.7 Å². The Kier molecular flexibility index (Phi) is 7.70. The molecule has 2 aliphatic rings. The van der Waals surface area contributed by atoms with E-state index in [0.29, 0.717) is 64.6 Å². The van der Waals surface area contributed by atoms with E-state index in [0.717, 1.165) is 11.3 Å². The van der Waals surface area contributed by atoms with Gasteiger partial charge in [-0.1, -0.05) is 12.1 Å². The fourth-order valence-electron chi connectivity index (χ4n) is 4.35. The standard InChI is InChI=1S/C24H33N5O4S/c1-27(2)21-7-5-19(6-8-21)18-26-24(30)20-9-12-28(13-10-20)23-22(4-3-11-25-23)34(31,32)29-14-16-33-17-15-29/h3-8,11,20H,9-10,12-18H2,1-2H3,(H,26,30). The van der Waals surface area contributed by atoms with Crippen molar-refractivity contribution in [1.82, 2.24) is 14.6 Å². The molecule has 0 saturated carbocycles. The molecule has 2 fully saturated rings. The number of rotatable bonds is 7. The summed E-state index contributed by atoms with van der Waals surface area (Å²) in [4.78, 5) is 21.4. The van der Waals surface area contributed by atoms with Crippen molar-refractivity contribution in [3.63, 3.8) is 0 Å². The van der Waals surface area contributed by atoms with E-state index in [2.05, 4.69) is 10.3 Å². The summed E-state index contributed by atoms with van der Waals surface area (Å²) in [5, 5.41) is 3.05. The maximum Gasteiger partial charge on any atom is 0.246 e. The largest absolute Gasteiger partial charge is 0.379 e. The number of aromatic nitrogens is 1. The first-order valence-electron chi connectivity index (χ1n) is 11.7. The lowest BCUT2D eigenvalue weighted by Crippen LogP contribution is -2.43. The molecule has 1 aromatic heterocycles. The number of hydrogen-bond donors (Lipinski definition) is 1. The fraction of sp³-hybridized carbons (Fsp3) is 0.500. The van der Waals surface area contributed by atoms with Crippen molar-refractivity contribution in [2.75, 3.05) is 63.3 Å². The van der Waals surface area contributed by atoms with Gasteiger partial charge in [0.25, 0.3) is 0 Å². The van der Waals surface area contributed by atoms with Crippen LogP contribution in [0.25, 0.3) is 0 Å². The zero-order valence-electron chi connectivity index (χ0n) is 19.8. The third-order valence-corrected chi connectivity index (χ3v) is 8.34. The molecule has 2 aromatic rings. The average molecular weight is 488 g/mol. The number of nitrogens with zero attached hydrogens (tertiary/aromatic N) is 4. The van der Waals surface area contributed by atoms with Crippen LogP contribution in [0.1, 0.15) is 18.4 Å². The van der Waals surface area contributed by atoms with Crippen molar-refractivity contribution in [3.05, 3.63) is 48.2 Å². The van der Waals surface area contributed by atoms with E-state index in [1.807, 2.05) is 48.2 Å². The third-order valence-electron chi connectivity index (χ3n) is 6.42. The highest BCUT2D eigenvalue weighted by Gasteiger charge is 2.33. The summed E-state index contributed by atoms with van der Waals surface area (Å²) in [5.41, 5.74) is 2.18. The first-order valence-corrected chi connectivity index (χ1v) is 13.1. The number of amides is 1. The van der Waals surface area contributed by atoms with Gasteiger partial charge in [0.05, 0.1) is 13.2 Å². The number of anilines is 2. The van der Waals surface area contributed by atoms with Gasteiger partial charge in [0, 0.05) is 64.6 Å². The zero-order chi connectivity index (χ0) is 24.1. The van der Waals surface area contributed by atoms with E-state index in [1.54, 1.807) is 18.3 Å². The summed E-state index contributed by atoms with van der Waals surface area (Å²) in [6.07, 6.45) is 2.92. The number of pyridine rings is 1. The Balaban J connectivity index is 1.35. The Morgan fingerprint density at radius 1 is 1.09 bits per heavy atom. The molecule has 1 N–H and O–H groups in total. The molecular weight excluding hydrogens is 454 g/mol. The number of nitrogens with one attached hydrogen (secondary N) is 1. The molecular formula is C24H33N5O4S. The molecule has 2 aliphatic heterocycles. The van der Waals surface area contributed by atoms with E-state index in [4.69, 9.17) is 4.74 Å². The number of carbonyl (C=O) groups is 1. The topological polar surface area (TPSA) is 95.1 Å². The summed E-state index contributed by atoms with van der Waals surface area (Å²) >= 11 is 0. The molecule has 10 heteroatoms. The van der Waals surface area contributed by atoms with Crippen LogP contribution in [0.15, 0.2) is 47.5 Å². The molecule has 1 amide bonds. The molecule has 1 aromatic carbocycles. The highest BCUT2D eigenvalue weighted by Crippen LogP contribution is 2.29. The molecule has 9 nitrogen and oxygen atoms in total. The molecule has 0 atom stereocenters. The van der Waals surface area contributed by atoms with Crippen LogP contribution in [0.3, 0.4) is 0 Å². The molecule has 0 spiro atoms. The van der Waals surface area contributed by atoms with E-state index in [9.17, 15) is 13.2 Å². The number of morpholine rings is 1. The summed E-state index contributed by atoms with van der Waals surface area (Å²) in [5.74, 6) is 0.410. The van der Waals surface area contributed by atoms with Gasteiger partial charge in [-0.2, -0.15) is 4.31 Å². The highest BCUT2D eigenvalue weighted by molar-refractivity contribution is 7.89. The van der Waals surface area contributed by atoms with Crippen molar-refractivity contribution < 1.29 is 17.9 Å². The maximum atomic E-state index is 13.2. The monoisotopic (exact) mass is 487 g/mol. The Morgan fingerprint density at radius 2 is 1.76 bits per heavy atom. The van der Waals surface area contributed by atoms with Crippen molar-refractivity contribution in [2.45, 2.75) is 24.3 Å². The second kappa shape index (κ2) is 10.7.